The molecular weight excluding hydrogens is 196 g/mol. The minimum atomic E-state index is -0.672. The normalized spacial score (nSPS) is 29.7. The number of rotatable bonds is 1. The Morgan fingerprint density at radius 2 is 2.07 bits per heavy atom. The third kappa shape index (κ3) is 2.12. The highest BCUT2D eigenvalue weighted by atomic mass is 16.8. The van der Waals surface area contributed by atoms with Crippen LogP contribution in [0.5, 0.6) is 0 Å². The van der Waals surface area contributed by atoms with Crippen molar-refractivity contribution in [3.8, 4) is 0 Å². The Morgan fingerprint density at radius 1 is 1.33 bits per heavy atom. The second-order valence-electron chi connectivity index (χ2n) is 2.97. The van der Waals surface area contributed by atoms with Crippen molar-refractivity contribution in [2.45, 2.75) is 6.23 Å². The predicted octanol–water partition coefficient (Wildman–Crippen LogP) is 1.12. The minimum Gasteiger partial charge on any atom is -0.428 e. The van der Waals surface area contributed by atoms with E-state index in [2.05, 4.69) is 14.7 Å². The first-order valence-corrected chi connectivity index (χ1v) is 4.52. The summed E-state index contributed by atoms with van der Waals surface area (Å²) in [5, 5.41) is 0. The summed E-state index contributed by atoms with van der Waals surface area (Å²) in [6, 6.07) is 0. The van der Waals surface area contributed by atoms with Gasteiger partial charge in [-0.15, -0.1) is 0 Å². The molecule has 78 valence electrons. The van der Waals surface area contributed by atoms with E-state index in [1.807, 2.05) is 24.3 Å². The number of ether oxygens (including phenoxy) is 2. The molecule has 2 aliphatic rings. The van der Waals surface area contributed by atoms with Crippen LogP contribution in [0.2, 0.25) is 0 Å². The quantitative estimate of drug-likeness (QED) is 0.477. The lowest BCUT2D eigenvalue weighted by atomic mass is 10.1. The number of hydrogen-bond acceptors (Lipinski definition) is 5. The van der Waals surface area contributed by atoms with Gasteiger partial charge in [-0.05, 0) is 12.2 Å². The second-order valence-corrected chi connectivity index (χ2v) is 2.97. The van der Waals surface area contributed by atoms with Crippen LogP contribution in [0.1, 0.15) is 0 Å². The third-order valence-corrected chi connectivity index (χ3v) is 1.98. The predicted molar refractivity (Wildman–Crippen MR) is 55.3 cm³/mol. The molecule has 0 amide bonds. The van der Waals surface area contributed by atoms with E-state index in [-0.39, 0.29) is 6.61 Å². The van der Waals surface area contributed by atoms with Crippen LogP contribution in [-0.2, 0) is 9.47 Å². The van der Waals surface area contributed by atoms with Crippen molar-refractivity contribution in [2.75, 3.05) is 13.7 Å². The summed E-state index contributed by atoms with van der Waals surface area (Å²) < 4.78 is 9.42. The van der Waals surface area contributed by atoms with E-state index in [0.717, 1.165) is 5.71 Å². The van der Waals surface area contributed by atoms with Crippen LogP contribution in [0, 0.1) is 0 Å². The van der Waals surface area contributed by atoms with Gasteiger partial charge in [0.15, 0.2) is 6.61 Å². The van der Waals surface area contributed by atoms with Gasteiger partial charge in [-0.3, -0.25) is 4.99 Å². The van der Waals surface area contributed by atoms with Crippen molar-refractivity contribution < 1.29 is 14.3 Å². The smallest absolute Gasteiger partial charge is 0.428 e. The summed E-state index contributed by atoms with van der Waals surface area (Å²) in [5.41, 5.74) is 1.46. The number of allylic oxidation sites excluding steroid dienone is 4. The Balaban J connectivity index is 2.15. The van der Waals surface area contributed by atoms with Crippen molar-refractivity contribution >= 4 is 17.6 Å². The van der Waals surface area contributed by atoms with Crippen LogP contribution >= 0.6 is 0 Å². The fourth-order valence-corrected chi connectivity index (χ4v) is 1.30. The van der Waals surface area contributed by atoms with Gasteiger partial charge in [0.1, 0.15) is 0 Å². The van der Waals surface area contributed by atoms with Crippen molar-refractivity contribution in [3.05, 3.63) is 24.3 Å². The van der Waals surface area contributed by atoms with Crippen molar-refractivity contribution in [1.29, 1.82) is 0 Å². The van der Waals surface area contributed by atoms with Crippen LogP contribution in [0.3, 0.4) is 0 Å². The number of nitrogens with zero attached hydrogens (tertiary/aromatic N) is 2. The van der Waals surface area contributed by atoms with Crippen molar-refractivity contribution in [3.63, 3.8) is 0 Å². The average Bonchev–Trinajstić information content (AvgIpc) is 2.65. The van der Waals surface area contributed by atoms with Gasteiger partial charge in [-0.25, -0.2) is 9.79 Å². The van der Waals surface area contributed by atoms with Gasteiger partial charge in [0.2, 0.25) is 6.23 Å². The standard InChI is InChI=1S/C10H10N2O3/c1-11-7-4-2-3-5-8(7)12-9-6-14-10(13)15-9/h2-5,9H,6H2,1H3/b11-7-,12-8-. The molecule has 5 nitrogen and oxygen atoms in total. The zero-order chi connectivity index (χ0) is 10.7. The second kappa shape index (κ2) is 4.08. The van der Waals surface area contributed by atoms with Crippen molar-refractivity contribution in [1.82, 2.24) is 0 Å². The molecule has 1 unspecified atom stereocenters. The molecule has 5 heteroatoms. The van der Waals surface area contributed by atoms with E-state index in [1.54, 1.807) is 7.05 Å². The molecule has 0 saturated carbocycles. The molecule has 1 aliphatic heterocycles. The molecule has 0 aromatic rings. The third-order valence-electron chi connectivity index (χ3n) is 1.98. The van der Waals surface area contributed by atoms with Crippen LogP contribution in [-0.4, -0.2) is 37.5 Å². The van der Waals surface area contributed by atoms with E-state index in [4.69, 9.17) is 4.74 Å². The lowest BCUT2D eigenvalue weighted by Crippen LogP contribution is -2.17. The van der Waals surface area contributed by atoms with Crippen LogP contribution in [0.25, 0.3) is 0 Å². The van der Waals surface area contributed by atoms with Crippen LogP contribution in [0.15, 0.2) is 34.3 Å². The summed E-state index contributed by atoms with van der Waals surface area (Å²) in [5.74, 6) is 0. The highest BCUT2D eigenvalue weighted by molar-refractivity contribution is 6.51. The monoisotopic (exact) mass is 206 g/mol. The maximum Gasteiger partial charge on any atom is 0.510 e. The molecule has 15 heavy (non-hydrogen) atoms. The maximum atomic E-state index is 10.7. The van der Waals surface area contributed by atoms with Gasteiger partial charge in [0.25, 0.3) is 0 Å². The van der Waals surface area contributed by atoms with Gasteiger partial charge in [-0.1, -0.05) is 12.2 Å². The average molecular weight is 206 g/mol. The number of hydrogen-bond donors (Lipinski definition) is 0. The molecule has 0 bridgehead atoms. The van der Waals surface area contributed by atoms with E-state index >= 15 is 0 Å². The molecule has 0 N–H and O–H groups in total. The largest absolute Gasteiger partial charge is 0.510 e. The molecule has 1 fully saturated rings. The Labute approximate surface area is 86.8 Å². The van der Waals surface area contributed by atoms with Gasteiger partial charge in [0.05, 0.1) is 11.4 Å². The topological polar surface area (TPSA) is 60.2 Å². The molecule has 1 heterocycles. The fourth-order valence-electron chi connectivity index (χ4n) is 1.30. The van der Waals surface area contributed by atoms with E-state index < -0.39 is 12.4 Å². The summed E-state index contributed by atoms with van der Waals surface area (Å²) in [6.07, 6.45) is 6.16. The first-order valence-electron chi connectivity index (χ1n) is 4.52. The lowest BCUT2D eigenvalue weighted by Gasteiger charge is -2.06. The molecule has 1 atom stereocenters. The zero-order valence-electron chi connectivity index (χ0n) is 8.21. The van der Waals surface area contributed by atoms with Gasteiger partial charge < -0.3 is 9.47 Å². The number of cyclic esters (lactones) is 2. The van der Waals surface area contributed by atoms with Crippen LogP contribution in [0.4, 0.5) is 4.79 Å². The number of carbonyl (C=O) groups is 1. The van der Waals surface area contributed by atoms with Gasteiger partial charge >= 0.3 is 6.16 Å². The summed E-state index contributed by atoms with van der Waals surface area (Å²) in [7, 11) is 1.69. The first-order chi connectivity index (χ1) is 7.29. The highest BCUT2D eigenvalue weighted by Gasteiger charge is 2.24. The highest BCUT2D eigenvalue weighted by Crippen LogP contribution is 2.09. The molecule has 0 aromatic carbocycles. The SMILES string of the molecule is C/N=C1/C=CC=C/C1=N/C1COC(=O)O1. The molecule has 2 rings (SSSR count). The minimum absolute atomic E-state index is 0.164. The molecular formula is C10H10N2O3. The Kier molecular flexibility index (Phi) is 2.62. The molecule has 0 aromatic heterocycles. The molecule has 1 aliphatic carbocycles. The summed E-state index contributed by atoms with van der Waals surface area (Å²) >= 11 is 0. The molecule has 0 radical (unpaired) electrons. The Hall–Kier alpha value is -1.91. The Morgan fingerprint density at radius 3 is 2.67 bits per heavy atom. The fraction of sp³-hybridized carbons (Fsp3) is 0.300. The molecule has 0 spiro atoms. The van der Waals surface area contributed by atoms with E-state index in [1.165, 1.54) is 0 Å². The van der Waals surface area contributed by atoms with E-state index in [0.29, 0.717) is 5.71 Å². The summed E-state index contributed by atoms with van der Waals surface area (Å²) in [6.45, 7) is 0.164. The Bertz CT molecular complexity index is 393. The number of carbonyl (C=O) groups excluding carboxylic acids is 1. The van der Waals surface area contributed by atoms with Gasteiger partial charge in [0, 0.05) is 7.05 Å². The first kappa shape index (κ1) is 9.64. The van der Waals surface area contributed by atoms with Gasteiger partial charge in [-0.2, -0.15) is 0 Å². The van der Waals surface area contributed by atoms with E-state index in [9.17, 15) is 4.79 Å². The lowest BCUT2D eigenvalue weighted by molar-refractivity contribution is 0.120. The maximum absolute atomic E-state index is 10.7. The number of aliphatic imine (C=N–C) groups is 2. The summed E-state index contributed by atoms with van der Waals surface area (Å²) in [4.78, 5) is 18.9. The zero-order valence-corrected chi connectivity index (χ0v) is 8.21. The van der Waals surface area contributed by atoms with Crippen molar-refractivity contribution in [2.24, 2.45) is 9.98 Å². The van der Waals surface area contributed by atoms with Crippen LogP contribution < -0.4 is 0 Å². The molecule has 1 saturated heterocycles.